The number of nitrogens with one attached hydrogen (secondary N) is 1. The van der Waals surface area contributed by atoms with Gasteiger partial charge < -0.3 is 10.2 Å². The van der Waals surface area contributed by atoms with Crippen molar-refractivity contribution in [3.63, 3.8) is 0 Å². The highest BCUT2D eigenvalue weighted by Crippen LogP contribution is 2.44. The van der Waals surface area contributed by atoms with E-state index in [9.17, 15) is 9.59 Å². The van der Waals surface area contributed by atoms with E-state index in [-0.39, 0.29) is 22.4 Å². The summed E-state index contributed by atoms with van der Waals surface area (Å²) < 4.78 is 0. The van der Waals surface area contributed by atoms with Gasteiger partial charge in [0.1, 0.15) is 5.37 Å². The second-order valence-electron chi connectivity index (χ2n) is 5.78. The van der Waals surface area contributed by atoms with Crippen LogP contribution in [0.1, 0.15) is 37.1 Å². The van der Waals surface area contributed by atoms with E-state index in [0.29, 0.717) is 24.0 Å². The van der Waals surface area contributed by atoms with E-state index < -0.39 is 0 Å². The molecule has 1 aliphatic heterocycles. The summed E-state index contributed by atoms with van der Waals surface area (Å²) in [7, 11) is 0. The van der Waals surface area contributed by atoms with E-state index in [1.807, 2.05) is 31.2 Å². The van der Waals surface area contributed by atoms with Crippen molar-refractivity contribution in [2.24, 2.45) is 0 Å². The number of benzene rings is 1. The standard InChI is InChI=1S/C16H19ClN2O2S/c1-10-15(21)19(9-8-14(20)18-11-6-7-11)16(22-10)12-4-2-3-5-13(12)17/h2-5,10-11,16H,6-9H2,1H3,(H,18,20)/t10-,16-/m0/s1. The summed E-state index contributed by atoms with van der Waals surface area (Å²) in [5.41, 5.74) is 0.939. The monoisotopic (exact) mass is 338 g/mol. The first-order valence-electron chi connectivity index (χ1n) is 7.56. The van der Waals surface area contributed by atoms with E-state index in [1.165, 1.54) is 0 Å². The molecule has 1 aromatic rings. The van der Waals surface area contributed by atoms with Crippen LogP contribution >= 0.6 is 23.4 Å². The van der Waals surface area contributed by atoms with Gasteiger partial charge in [0.25, 0.3) is 0 Å². The average molecular weight is 339 g/mol. The zero-order valence-electron chi connectivity index (χ0n) is 12.4. The van der Waals surface area contributed by atoms with Gasteiger partial charge in [-0.1, -0.05) is 29.8 Å². The van der Waals surface area contributed by atoms with Gasteiger partial charge in [0.05, 0.1) is 5.25 Å². The number of rotatable bonds is 5. The van der Waals surface area contributed by atoms with Crippen LogP contribution in [0.4, 0.5) is 0 Å². The summed E-state index contributed by atoms with van der Waals surface area (Å²) in [6.07, 6.45) is 2.49. The summed E-state index contributed by atoms with van der Waals surface area (Å²) in [5.74, 6) is 0.104. The van der Waals surface area contributed by atoms with Crippen LogP contribution in [0.5, 0.6) is 0 Å². The molecule has 0 bridgehead atoms. The Bertz CT molecular complexity index is 591. The smallest absolute Gasteiger partial charge is 0.236 e. The minimum atomic E-state index is -0.107. The van der Waals surface area contributed by atoms with E-state index in [0.717, 1.165) is 18.4 Å². The highest BCUT2D eigenvalue weighted by Gasteiger charge is 2.39. The van der Waals surface area contributed by atoms with Gasteiger partial charge in [0, 0.05) is 29.6 Å². The molecule has 2 aliphatic rings. The van der Waals surface area contributed by atoms with Crippen molar-refractivity contribution in [2.75, 3.05) is 6.54 Å². The molecule has 118 valence electrons. The van der Waals surface area contributed by atoms with Gasteiger partial charge in [-0.05, 0) is 25.8 Å². The van der Waals surface area contributed by atoms with Crippen molar-refractivity contribution in [3.8, 4) is 0 Å². The molecule has 6 heteroatoms. The average Bonchev–Trinajstić information content (AvgIpc) is 3.25. The second kappa shape index (κ2) is 6.50. The Morgan fingerprint density at radius 3 is 2.82 bits per heavy atom. The number of thioether (sulfide) groups is 1. The fourth-order valence-electron chi connectivity index (χ4n) is 2.57. The molecule has 1 aliphatic carbocycles. The van der Waals surface area contributed by atoms with Gasteiger partial charge >= 0.3 is 0 Å². The van der Waals surface area contributed by atoms with Gasteiger partial charge in [-0.25, -0.2) is 0 Å². The Labute approximate surface area is 139 Å². The Hall–Kier alpha value is -1.20. The molecule has 1 heterocycles. The minimum absolute atomic E-state index is 0.0257. The SMILES string of the molecule is C[C@@H]1S[C@@H](c2ccccc2Cl)N(CCC(=O)NC2CC2)C1=O. The molecule has 2 atom stereocenters. The lowest BCUT2D eigenvalue weighted by Crippen LogP contribution is -2.35. The Morgan fingerprint density at radius 2 is 2.14 bits per heavy atom. The normalized spacial score (nSPS) is 24.6. The van der Waals surface area contributed by atoms with Crippen LogP contribution in [0.25, 0.3) is 0 Å². The quantitative estimate of drug-likeness (QED) is 0.898. The second-order valence-corrected chi connectivity index (χ2v) is 7.61. The van der Waals surface area contributed by atoms with Gasteiger partial charge in [-0.15, -0.1) is 11.8 Å². The summed E-state index contributed by atoms with van der Waals surface area (Å²) >= 11 is 7.86. The van der Waals surface area contributed by atoms with E-state index in [4.69, 9.17) is 11.6 Å². The molecule has 2 amide bonds. The van der Waals surface area contributed by atoms with Gasteiger partial charge in [-0.3, -0.25) is 9.59 Å². The first kappa shape index (κ1) is 15.7. The molecule has 1 saturated carbocycles. The largest absolute Gasteiger partial charge is 0.353 e. The van der Waals surface area contributed by atoms with Crippen LogP contribution in [0.15, 0.2) is 24.3 Å². The Balaban J connectivity index is 1.69. The number of halogens is 1. The maximum atomic E-state index is 12.4. The third-order valence-electron chi connectivity index (χ3n) is 3.94. The topological polar surface area (TPSA) is 49.4 Å². The maximum Gasteiger partial charge on any atom is 0.236 e. The number of carbonyl (C=O) groups is 2. The summed E-state index contributed by atoms with van der Waals surface area (Å²) in [6, 6.07) is 7.94. The van der Waals surface area contributed by atoms with Crippen molar-refractivity contribution in [1.29, 1.82) is 0 Å². The molecule has 0 aromatic heterocycles. The number of hydrogen-bond acceptors (Lipinski definition) is 3. The Kier molecular flexibility index (Phi) is 4.64. The van der Waals surface area contributed by atoms with Gasteiger partial charge in [0.2, 0.25) is 11.8 Å². The summed E-state index contributed by atoms with van der Waals surface area (Å²) in [4.78, 5) is 26.0. The zero-order chi connectivity index (χ0) is 15.7. The zero-order valence-corrected chi connectivity index (χ0v) is 14.0. The molecular weight excluding hydrogens is 320 g/mol. The summed E-state index contributed by atoms with van der Waals surface area (Å²) in [5, 5.41) is 3.41. The highest BCUT2D eigenvalue weighted by atomic mass is 35.5. The van der Waals surface area contributed by atoms with Crippen LogP contribution in [0.3, 0.4) is 0 Å². The van der Waals surface area contributed by atoms with Crippen molar-refractivity contribution >= 4 is 35.2 Å². The van der Waals surface area contributed by atoms with Crippen LogP contribution in [-0.2, 0) is 9.59 Å². The van der Waals surface area contributed by atoms with Crippen molar-refractivity contribution in [2.45, 2.75) is 42.9 Å². The fraction of sp³-hybridized carbons (Fsp3) is 0.500. The van der Waals surface area contributed by atoms with Crippen LogP contribution < -0.4 is 5.32 Å². The van der Waals surface area contributed by atoms with Crippen molar-refractivity contribution in [3.05, 3.63) is 34.9 Å². The number of nitrogens with zero attached hydrogens (tertiary/aromatic N) is 1. The lowest BCUT2D eigenvalue weighted by molar-refractivity contribution is -0.130. The molecule has 4 nitrogen and oxygen atoms in total. The highest BCUT2D eigenvalue weighted by molar-refractivity contribution is 8.01. The predicted octanol–water partition coefficient (Wildman–Crippen LogP) is 2.97. The minimum Gasteiger partial charge on any atom is -0.353 e. The van der Waals surface area contributed by atoms with Crippen molar-refractivity contribution in [1.82, 2.24) is 10.2 Å². The fourth-order valence-corrected chi connectivity index (χ4v) is 4.22. The van der Waals surface area contributed by atoms with E-state index in [2.05, 4.69) is 5.32 Å². The van der Waals surface area contributed by atoms with Crippen LogP contribution in [0, 0.1) is 0 Å². The molecule has 22 heavy (non-hydrogen) atoms. The molecule has 1 N–H and O–H groups in total. The van der Waals surface area contributed by atoms with E-state index >= 15 is 0 Å². The number of carbonyl (C=O) groups excluding carboxylic acids is 2. The first-order valence-corrected chi connectivity index (χ1v) is 8.88. The molecular formula is C16H19ClN2O2S. The number of amides is 2. The third-order valence-corrected chi connectivity index (χ3v) is 5.66. The molecule has 1 aromatic carbocycles. The van der Waals surface area contributed by atoms with Crippen molar-refractivity contribution < 1.29 is 9.59 Å². The maximum absolute atomic E-state index is 12.4. The van der Waals surface area contributed by atoms with Crippen LogP contribution in [-0.4, -0.2) is 34.6 Å². The van der Waals surface area contributed by atoms with Crippen LogP contribution in [0.2, 0.25) is 5.02 Å². The lowest BCUT2D eigenvalue weighted by atomic mass is 10.2. The summed E-state index contributed by atoms with van der Waals surface area (Å²) in [6.45, 7) is 2.34. The van der Waals surface area contributed by atoms with Gasteiger partial charge in [-0.2, -0.15) is 0 Å². The molecule has 3 rings (SSSR count). The molecule has 2 fully saturated rings. The third kappa shape index (κ3) is 3.41. The number of hydrogen-bond donors (Lipinski definition) is 1. The predicted molar refractivity (Wildman–Crippen MR) is 88.7 cm³/mol. The molecule has 0 spiro atoms. The first-order chi connectivity index (χ1) is 10.6. The lowest BCUT2D eigenvalue weighted by Gasteiger charge is -2.24. The van der Waals surface area contributed by atoms with Gasteiger partial charge in [0.15, 0.2) is 0 Å². The Morgan fingerprint density at radius 1 is 1.41 bits per heavy atom. The molecule has 0 unspecified atom stereocenters. The van der Waals surface area contributed by atoms with E-state index in [1.54, 1.807) is 16.7 Å². The molecule has 0 radical (unpaired) electrons. The molecule has 1 saturated heterocycles.